The quantitative estimate of drug-likeness (QED) is 0.576. The van der Waals surface area contributed by atoms with Crippen LogP contribution in [-0.4, -0.2) is 42.9 Å². The largest absolute Gasteiger partial charge is 0.434 e. The van der Waals surface area contributed by atoms with Crippen LogP contribution in [0, 0.1) is 0 Å². The zero-order valence-corrected chi connectivity index (χ0v) is 14.6. The van der Waals surface area contributed by atoms with Crippen LogP contribution in [0.15, 0.2) is 23.7 Å². The van der Waals surface area contributed by atoms with Gasteiger partial charge < -0.3 is 9.47 Å². The molecule has 3 unspecified atom stereocenters. The Kier molecular flexibility index (Phi) is 6.71. The summed E-state index contributed by atoms with van der Waals surface area (Å²) in [6, 6.07) is 0. The van der Waals surface area contributed by atoms with Gasteiger partial charge in [0, 0.05) is 38.9 Å². The molecule has 2 rings (SSSR count). The molecule has 128 valence electrons. The van der Waals surface area contributed by atoms with E-state index in [1.54, 1.807) is 0 Å². The van der Waals surface area contributed by atoms with Crippen LogP contribution in [0.2, 0.25) is 0 Å². The topological polar surface area (TPSA) is 86.7 Å². The third-order valence-corrected chi connectivity index (χ3v) is 6.92. The Bertz CT molecular complexity index is 593. The second-order valence-electron chi connectivity index (χ2n) is 5.44. The highest BCUT2D eigenvalue weighted by atomic mass is 32.2. The van der Waals surface area contributed by atoms with Crippen LogP contribution in [0.4, 0.5) is 0 Å². The fourth-order valence-corrected chi connectivity index (χ4v) is 5.52. The minimum Gasteiger partial charge on any atom is -0.434 e. The van der Waals surface area contributed by atoms with Gasteiger partial charge in [-0.25, -0.2) is 0 Å². The van der Waals surface area contributed by atoms with Crippen molar-refractivity contribution in [2.24, 2.45) is 0 Å². The van der Waals surface area contributed by atoms with Crippen LogP contribution in [0.3, 0.4) is 0 Å². The average Bonchev–Trinajstić information content (AvgIpc) is 3.12. The van der Waals surface area contributed by atoms with E-state index in [4.69, 9.17) is 9.47 Å². The first-order valence-electron chi connectivity index (χ1n) is 7.45. The Morgan fingerprint density at radius 2 is 1.70 bits per heavy atom. The summed E-state index contributed by atoms with van der Waals surface area (Å²) in [5.41, 5.74) is 1.64. The van der Waals surface area contributed by atoms with Crippen molar-refractivity contribution in [1.29, 1.82) is 0 Å². The van der Waals surface area contributed by atoms with Crippen molar-refractivity contribution >= 4 is 33.5 Å². The molecule has 0 aliphatic carbocycles. The van der Waals surface area contributed by atoms with E-state index in [2.05, 4.69) is 0 Å². The minimum atomic E-state index is -1.14. The van der Waals surface area contributed by atoms with Gasteiger partial charge in [-0.1, -0.05) is 6.92 Å². The van der Waals surface area contributed by atoms with Crippen LogP contribution in [0.5, 0.6) is 0 Å². The Morgan fingerprint density at radius 1 is 1.09 bits per heavy atom. The molecule has 0 amide bonds. The fourth-order valence-electron chi connectivity index (χ4n) is 2.39. The number of cyclic esters (lactones) is 2. The van der Waals surface area contributed by atoms with Gasteiger partial charge in [-0.05, 0) is 24.0 Å². The third kappa shape index (κ3) is 5.69. The zero-order chi connectivity index (χ0) is 16.8. The van der Waals surface area contributed by atoms with E-state index in [1.807, 2.05) is 6.92 Å². The highest BCUT2D eigenvalue weighted by molar-refractivity contribution is 7.89. The first kappa shape index (κ1) is 18.1. The summed E-state index contributed by atoms with van der Waals surface area (Å²) in [6.07, 6.45) is 4.31. The highest BCUT2D eigenvalue weighted by Gasteiger charge is 2.24. The summed E-state index contributed by atoms with van der Waals surface area (Å²) in [5.74, 6) is 0.619. The van der Waals surface area contributed by atoms with Crippen LogP contribution < -0.4 is 0 Å². The second kappa shape index (κ2) is 8.54. The lowest BCUT2D eigenvalue weighted by atomic mass is 10.1. The number of hydrogen-bond acceptors (Lipinski definition) is 6. The Labute approximate surface area is 140 Å². The molecular weight excluding hydrogens is 340 g/mol. The molecule has 3 atom stereocenters. The summed E-state index contributed by atoms with van der Waals surface area (Å²) < 4.78 is 33.9. The predicted molar refractivity (Wildman–Crippen MR) is 87.2 cm³/mol. The molecule has 0 bridgehead atoms. The summed E-state index contributed by atoms with van der Waals surface area (Å²) in [6.45, 7) is 1.82. The van der Waals surface area contributed by atoms with E-state index >= 15 is 0 Å². The Morgan fingerprint density at radius 3 is 2.22 bits per heavy atom. The van der Waals surface area contributed by atoms with E-state index in [-0.39, 0.29) is 30.0 Å². The molecule has 0 aromatic rings. The summed E-state index contributed by atoms with van der Waals surface area (Å²) in [7, 11) is -2.24. The molecule has 0 saturated carbocycles. The number of hydrogen-bond donors (Lipinski definition) is 0. The summed E-state index contributed by atoms with van der Waals surface area (Å²) in [4.78, 5) is 22.1. The van der Waals surface area contributed by atoms with Gasteiger partial charge in [-0.2, -0.15) is 0 Å². The summed E-state index contributed by atoms with van der Waals surface area (Å²) in [5, 5.41) is -0.253. The van der Waals surface area contributed by atoms with Gasteiger partial charge in [-0.15, -0.1) is 0 Å². The van der Waals surface area contributed by atoms with E-state index in [9.17, 15) is 18.0 Å². The number of carbonyl (C=O) groups is 2. The van der Waals surface area contributed by atoms with Crippen LogP contribution in [0.25, 0.3) is 0 Å². The molecule has 2 aliphatic rings. The van der Waals surface area contributed by atoms with Gasteiger partial charge in [0.15, 0.2) is 0 Å². The molecule has 0 radical (unpaired) electrons. The molecule has 6 nitrogen and oxygen atoms in total. The number of carbonyl (C=O) groups excluding carboxylic acids is 2. The first-order chi connectivity index (χ1) is 11.0. The number of esters is 2. The lowest BCUT2D eigenvalue weighted by Crippen LogP contribution is -2.25. The van der Waals surface area contributed by atoms with Gasteiger partial charge in [0.05, 0.1) is 30.6 Å². The lowest BCUT2D eigenvalue weighted by Gasteiger charge is -2.15. The van der Waals surface area contributed by atoms with Crippen molar-refractivity contribution in [1.82, 2.24) is 0 Å². The first-order valence-corrected chi connectivity index (χ1v) is 10.3. The summed E-state index contributed by atoms with van der Waals surface area (Å²) >= 11 is 0. The maximum atomic E-state index is 12.3. The molecule has 0 saturated heterocycles. The molecule has 0 aromatic heterocycles. The molecule has 0 N–H and O–H groups in total. The van der Waals surface area contributed by atoms with Gasteiger partial charge in [0.2, 0.25) is 0 Å². The van der Waals surface area contributed by atoms with Crippen molar-refractivity contribution in [3.8, 4) is 0 Å². The maximum absolute atomic E-state index is 12.3. The van der Waals surface area contributed by atoms with Crippen molar-refractivity contribution in [3.05, 3.63) is 23.7 Å². The second-order valence-corrected chi connectivity index (χ2v) is 9.07. The molecule has 2 heterocycles. The van der Waals surface area contributed by atoms with Gasteiger partial charge >= 0.3 is 11.9 Å². The number of ether oxygens (including phenoxy) is 2. The normalized spacial score (nSPS) is 21.3. The van der Waals surface area contributed by atoms with Crippen molar-refractivity contribution < 1.29 is 27.5 Å². The fraction of sp³-hybridized carbons (Fsp3) is 0.600. The molecular formula is C15H20O6S2. The van der Waals surface area contributed by atoms with Crippen molar-refractivity contribution in [3.63, 3.8) is 0 Å². The Hall–Kier alpha value is -1.28. The SMILES string of the molecule is CCS(=O)C(CC1=COC(=O)C1)CS(=O)CCC1=COC(=O)C1. The van der Waals surface area contributed by atoms with Crippen molar-refractivity contribution in [2.75, 3.05) is 17.3 Å². The smallest absolute Gasteiger partial charge is 0.314 e. The standard InChI is InChI=1S/C15H20O6S2/c1-2-23(19)13(5-12-7-15(17)21-9-12)10-22(18)4-3-11-6-14(16)20-8-11/h8-9,13H,2-7,10H2,1H3. The van der Waals surface area contributed by atoms with Gasteiger partial charge in [-0.3, -0.25) is 18.0 Å². The van der Waals surface area contributed by atoms with Crippen LogP contribution >= 0.6 is 0 Å². The molecule has 0 spiro atoms. The van der Waals surface area contributed by atoms with E-state index in [1.165, 1.54) is 12.5 Å². The van der Waals surface area contributed by atoms with Crippen LogP contribution in [0.1, 0.15) is 32.6 Å². The highest BCUT2D eigenvalue weighted by Crippen LogP contribution is 2.21. The molecule has 0 fully saturated rings. The average molecular weight is 360 g/mol. The molecule has 8 heteroatoms. The molecule has 23 heavy (non-hydrogen) atoms. The number of rotatable bonds is 9. The maximum Gasteiger partial charge on any atom is 0.314 e. The predicted octanol–water partition coefficient (Wildman–Crippen LogP) is 1.31. The monoisotopic (exact) mass is 360 g/mol. The van der Waals surface area contributed by atoms with Gasteiger partial charge in [0.1, 0.15) is 0 Å². The zero-order valence-electron chi connectivity index (χ0n) is 12.9. The molecule has 2 aliphatic heterocycles. The molecule has 0 aromatic carbocycles. The Balaban J connectivity index is 1.84. The van der Waals surface area contributed by atoms with E-state index < -0.39 is 21.6 Å². The van der Waals surface area contributed by atoms with Gasteiger partial charge in [0.25, 0.3) is 0 Å². The van der Waals surface area contributed by atoms with Crippen molar-refractivity contribution in [2.45, 2.75) is 37.9 Å². The van der Waals surface area contributed by atoms with Crippen LogP contribution in [-0.2, 0) is 40.7 Å². The van der Waals surface area contributed by atoms with E-state index in [0.717, 1.165) is 11.1 Å². The van der Waals surface area contributed by atoms with E-state index in [0.29, 0.717) is 30.1 Å². The lowest BCUT2D eigenvalue weighted by molar-refractivity contribution is -0.136. The third-order valence-electron chi connectivity index (χ3n) is 3.63. The minimum absolute atomic E-state index is 0.219.